The number of carbonyl (C=O) groups is 2. The van der Waals surface area contributed by atoms with Crippen molar-refractivity contribution in [1.82, 2.24) is 20.9 Å². The molecule has 0 aliphatic carbocycles. The summed E-state index contributed by atoms with van der Waals surface area (Å²) >= 11 is 0. The molecule has 1 fully saturated rings. The molecular formula is C24H32N6O2. The number of amides is 2. The second kappa shape index (κ2) is 9.14. The van der Waals surface area contributed by atoms with Gasteiger partial charge in [0, 0.05) is 23.4 Å². The third-order valence-corrected chi connectivity index (χ3v) is 6.28. The van der Waals surface area contributed by atoms with Crippen molar-refractivity contribution in [2.45, 2.75) is 44.7 Å². The van der Waals surface area contributed by atoms with Gasteiger partial charge in [-0.25, -0.2) is 0 Å². The Bertz CT molecular complexity index is 1010. The van der Waals surface area contributed by atoms with Gasteiger partial charge in [0.25, 0.3) is 5.91 Å². The lowest BCUT2D eigenvalue weighted by atomic mass is 9.86. The van der Waals surface area contributed by atoms with Crippen LogP contribution in [0.1, 0.15) is 43.6 Å². The van der Waals surface area contributed by atoms with Crippen molar-refractivity contribution >= 4 is 35.3 Å². The third kappa shape index (κ3) is 4.69. The molecule has 4 rings (SSSR count). The molecule has 1 aromatic carbocycles. The first-order valence-corrected chi connectivity index (χ1v) is 11.3. The van der Waals surface area contributed by atoms with E-state index in [1.165, 1.54) is 0 Å². The molecule has 0 spiro atoms. The van der Waals surface area contributed by atoms with Crippen molar-refractivity contribution in [2.75, 3.05) is 19.6 Å². The summed E-state index contributed by atoms with van der Waals surface area (Å²) in [5.74, 6) is 0.995. The van der Waals surface area contributed by atoms with Gasteiger partial charge in [0.15, 0.2) is 0 Å². The molecule has 2 aliphatic heterocycles. The zero-order valence-electron chi connectivity index (χ0n) is 18.8. The van der Waals surface area contributed by atoms with Crippen LogP contribution in [0.15, 0.2) is 40.3 Å². The fourth-order valence-corrected chi connectivity index (χ4v) is 4.72. The van der Waals surface area contributed by atoms with Crippen LogP contribution in [-0.2, 0) is 4.79 Å². The number of hydrogen-bond acceptors (Lipinski definition) is 5. The topological polar surface area (TPSA) is 111 Å². The summed E-state index contributed by atoms with van der Waals surface area (Å²) in [4.78, 5) is 37.3. The fraction of sp³-hybridized carbons (Fsp3) is 0.500. The van der Waals surface area contributed by atoms with E-state index in [0.717, 1.165) is 29.6 Å². The largest absolute Gasteiger partial charge is 0.363 e. The Balaban J connectivity index is 1.50. The molecule has 0 bridgehead atoms. The number of aliphatic imine (C=N–C) groups is 2. The molecule has 4 N–H and O–H groups in total. The molecule has 8 heteroatoms. The first-order chi connectivity index (χ1) is 15.4. The zero-order chi connectivity index (χ0) is 22.7. The number of fused-ring (bicyclic) bond motifs is 1. The maximum absolute atomic E-state index is 13.1. The van der Waals surface area contributed by atoms with Crippen LogP contribution in [0, 0.1) is 11.8 Å². The van der Waals surface area contributed by atoms with Crippen molar-refractivity contribution in [3.63, 3.8) is 0 Å². The van der Waals surface area contributed by atoms with E-state index in [1.807, 2.05) is 30.3 Å². The highest BCUT2D eigenvalue weighted by molar-refractivity contribution is 6.01. The summed E-state index contributed by atoms with van der Waals surface area (Å²) in [5.41, 5.74) is 1.02. The van der Waals surface area contributed by atoms with Crippen LogP contribution >= 0.6 is 0 Å². The van der Waals surface area contributed by atoms with E-state index in [0.29, 0.717) is 37.7 Å². The van der Waals surface area contributed by atoms with Gasteiger partial charge in [-0.05, 0) is 44.0 Å². The number of carbonyl (C=O) groups excluding carboxylic acids is 2. The Morgan fingerprint density at radius 2 is 2.19 bits per heavy atom. The first kappa shape index (κ1) is 22.0. The first-order valence-electron chi connectivity index (χ1n) is 11.3. The number of hydrogen-bond donors (Lipinski definition) is 4. The Morgan fingerprint density at radius 3 is 2.88 bits per heavy atom. The van der Waals surface area contributed by atoms with Crippen LogP contribution in [0.2, 0.25) is 0 Å². The fourth-order valence-electron chi connectivity index (χ4n) is 4.72. The highest BCUT2D eigenvalue weighted by Gasteiger charge is 2.42. The van der Waals surface area contributed by atoms with Crippen LogP contribution in [0.3, 0.4) is 0 Å². The monoisotopic (exact) mass is 436 g/mol. The summed E-state index contributed by atoms with van der Waals surface area (Å²) in [6, 6.07) is 9.44. The van der Waals surface area contributed by atoms with Crippen LogP contribution in [-0.4, -0.2) is 60.6 Å². The molecule has 0 saturated carbocycles. The predicted octanol–water partition coefficient (Wildman–Crippen LogP) is 2.28. The molecule has 1 saturated heterocycles. The van der Waals surface area contributed by atoms with Gasteiger partial charge in [0.05, 0.1) is 24.7 Å². The van der Waals surface area contributed by atoms with E-state index in [1.54, 1.807) is 0 Å². The minimum atomic E-state index is -0.440. The smallest absolute Gasteiger partial charge is 0.268 e. The predicted molar refractivity (Wildman–Crippen MR) is 127 cm³/mol. The summed E-state index contributed by atoms with van der Waals surface area (Å²) < 4.78 is 0. The summed E-state index contributed by atoms with van der Waals surface area (Å²) in [6.45, 7) is 9.62. The number of rotatable bonds is 9. The van der Waals surface area contributed by atoms with Crippen molar-refractivity contribution in [2.24, 2.45) is 21.8 Å². The Kier molecular flexibility index (Phi) is 6.30. The number of para-hydroxylation sites is 1. The maximum atomic E-state index is 13.1. The van der Waals surface area contributed by atoms with Gasteiger partial charge in [0.1, 0.15) is 11.5 Å². The number of nitrogens with zero attached hydrogens (tertiary/aromatic N) is 2. The minimum Gasteiger partial charge on any atom is -0.363 e. The van der Waals surface area contributed by atoms with E-state index in [4.69, 9.17) is 4.99 Å². The minimum absolute atomic E-state index is 0.0525. The number of aromatic nitrogens is 1. The normalized spacial score (nSPS) is 23.7. The molecule has 8 nitrogen and oxygen atoms in total. The Labute approximate surface area is 188 Å². The van der Waals surface area contributed by atoms with Crippen molar-refractivity contribution in [3.05, 3.63) is 36.0 Å². The molecule has 2 aliphatic rings. The van der Waals surface area contributed by atoms with Gasteiger partial charge < -0.3 is 20.9 Å². The lowest BCUT2D eigenvalue weighted by Gasteiger charge is -2.31. The van der Waals surface area contributed by atoms with Gasteiger partial charge in [0.2, 0.25) is 5.91 Å². The number of benzene rings is 1. The van der Waals surface area contributed by atoms with Crippen LogP contribution in [0.5, 0.6) is 0 Å². The van der Waals surface area contributed by atoms with Gasteiger partial charge >= 0.3 is 0 Å². The van der Waals surface area contributed by atoms with E-state index in [2.05, 4.69) is 46.5 Å². The SMILES string of the molecule is C=NCC1(CC2CCNC2=O)CN=C(C(CC(C)C)NC(=O)c2cc3ccccc3[nH]2)N1. The standard InChI is InChI=1S/C24H32N6O2/c1-15(2)10-19(29-23(32)20-11-16-6-4-5-7-18(16)28-20)21-27-14-24(30-21,13-25-3)12-17-8-9-26-22(17)31/h4-7,11,15,17,19,28H,3,8-10,12-14H2,1-2H3,(H,26,31)(H,27,30)(H,29,32). The van der Waals surface area contributed by atoms with Gasteiger partial charge in [-0.2, -0.15) is 0 Å². The van der Waals surface area contributed by atoms with Crippen molar-refractivity contribution in [1.29, 1.82) is 0 Å². The molecule has 0 radical (unpaired) electrons. The quantitative estimate of drug-likeness (QED) is 0.453. The molecule has 3 heterocycles. The maximum Gasteiger partial charge on any atom is 0.268 e. The van der Waals surface area contributed by atoms with Gasteiger partial charge in [-0.1, -0.05) is 32.0 Å². The van der Waals surface area contributed by atoms with E-state index >= 15 is 0 Å². The molecule has 3 atom stereocenters. The highest BCUT2D eigenvalue weighted by atomic mass is 16.2. The molecule has 2 aromatic rings. The van der Waals surface area contributed by atoms with Crippen LogP contribution in [0.4, 0.5) is 0 Å². The van der Waals surface area contributed by atoms with Gasteiger partial charge in [-0.15, -0.1) is 0 Å². The highest BCUT2D eigenvalue weighted by Crippen LogP contribution is 2.27. The van der Waals surface area contributed by atoms with E-state index < -0.39 is 5.54 Å². The number of nitrogens with one attached hydrogen (secondary N) is 4. The molecule has 170 valence electrons. The summed E-state index contributed by atoms with van der Waals surface area (Å²) in [7, 11) is 0. The second-order valence-corrected chi connectivity index (χ2v) is 9.40. The Hall–Kier alpha value is -3.16. The molecule has 32 heavy (non-hydrogen) atoms. The van der Waals surface area contributed by atoms with Crippen LogP contribution < -0.4 is 16.0 Å². The molecule has 2 amide bonds. The zero-order valence-corrected chi connectivity index (χ0v) is 18.8. The van der Waals surface area contributed by atoms with E-state index in [-0.39, 0.29) is 23.8 Å². The lowest BCUT2D eigenvalue weighted by molar-refractivity contribution is -0.123. The number of aromatic amines is 1. The average molecular weight is 437 g/mol. The molecule has 1 aromatic heterocycles. The number of amidine groups is 1. The molecular weight excluding hydrogens is 404 g/mol. The van der Waals surface area contributed by atoms with Gasteiger partial charge in [-0.3, -0.25) is 19.6 Å². The third-order valence-electron chi connectivity index (χ3n) is 6.28. The number of H-pyrrole nitrogens is 1. The summed E-state index contributed by atoms with van der Waals surface area (Å²) in [5, 5.41) is 10.6. The van der Waals surface area contributed by atoms with Crippen molar-refractivity contribution in [3.8, 4) is 0 Å². The Morgan fingerprint density at radius 1 is 1.38 bits per heavy atom. The second-order valence-electron chi connectivity index (χ2n) is 9.40. The average Bonchev–Trinajstić information content (AvgIpc) is 3.47. The summed E-state index contributed by atoms with van der Waals surface area (Å²) in [6.07, 6.45) is 2.22. The van der Waals surface area contributed by atoms with Crippen molar-refractivity contribution < 1.29 is 9.59 Å². The van der Waals surface area contributed by atoms with E-state index in [9.17, 15) is 9.59 Å². The van der Waals surface area contributed by atoms with Crippen LogP contribution in [0.25, 0.3) is 10.9 Å². The molecule has 3 unspecified atom stereocenters. The lowest BCUT2D eigenvalue weighted by Crippen LogP contribution is -2.55.